The van der Waals surface area contributed by atoms with Gasteiger partial charge in [0.05, 0.1) is 5.69 Å². The van der Waals surface area contributed by atoms with Crippen molar-refractivity contribution >= 4 is 28.1 Å². The first-order valence-electron chi connectivity index (χ1n) is 6.45. The number of nitrogens with zero attached hydrogens (tertiary/aromatic N) is 1. The highest BCUT2D eigenvalue weighted by Crippen LogP contribution is 2.27. The molecular weight excluding hydrogens is 270 g/mol. The van der Waals surface area contributed by atoms with E-state index in [0.717, 1.165) is 22.1 Å². The van der Waals surface area contributed by atoms with Gasteiger partial charge in [-0.3, -0.25) is 4.79 Å². The number of thiazole rings is 1. The second-order valence-corrected chi connectivity index (χ2v) is 6.53. The van der Waals surface area contributed by atoms with Gasteiger partial charge < -0.3 is 10.6 Å². The molecule has 1 aromatic carbocycles. The van der Waals surface area contributed by atoms with Crippen LogP contribution in [0.5, 0.6) is 0 Å². The van der Waals surface area contributed by atoms with E-state index in [-0.39, 0.29) is 11.4 Å². The van der Waals surface area contributed by atoms with Crippen LogP contribution in [0.4, 0.5) is 10.8 Å². The van der Waals surface area contributed by atoms with Gasteiger partial charge in [-0.05, 0) is 32.9 Å². The summed E-state index contributed by atoms with van der Waals surface area (Å²) in [5, 5.41) is 9.05. The zero-order chi connectivity index (χ0) is 14.8. The van der Waals surface area contributed by atoms with Gasteiger partial charge in [0.15, 0.2) is 5.13 Å². The Morgan fingerprint density at radius 2 is 1.85 bits per heavy atom. The summed E-state index contributed by atoms with van der Waals surface area (Å²) in [6, 6.07) is 7.68. The van der Waals surface area contributed by atoms with Crippen molar-refractivity contribution in [1.29, 1.82) is 0 Å². The second-order valence-electron chi connectivity index (χ2n) is 5.67. The molecule has 1 heterocycles. The molecule has 20 heavy (non-hydrogen) atoms. The fourth-order valence-corrected chi connectivity index (χ4v) is 2.64. The van der Waals surface area contributed by atoms with Crippen molar-refractivity contribution in [2.75, 3.05) is 10.6 Å². The molecule has 0 spiro atoms. The van der Waals surface area contributed by atoms with Gasteiger partial charge in [-0.1, -0.05) is 12.1 Å². The van der Waals surface area contributed by atoms with E-state index in [1.807, 2.05) is 29.6 Å². The lowest BCUT2D eigenvalue weighted by Crippen LogP contribution is -2.25. The normalized spacial score (nSPS) is 11.2. The van der Waals surface area contributed by atoms with Crippen LogP contribution in [0.2, 0.25) is 0 Å². The van der Waals surface area contributed by atoms with E-state index in [1.54, 1.807) is 11.3 Å². The summed E-state index contributed by atoms with van der Waals surface area (Å²) in [4.78, 5) is 15.6. The Kier molecular flexibility index (Phi) is 4.09. The van der Waals surface area contributed by atoms with E-state index in [0.29, 0.717) is 0 Å². The molecule has 0 aliphatic carbocycles. The second kappa shape index (κ2) is 5.63. The number of carbonyl (C=O) groups excluding carboxylic acids is 1. The Morgan fingerprint density at radius 3 is 2.40 bits per heavy atom. The third-order valence-electron chi connectivity index (χ3n) is 2.49. The molecule has 0 radical (unpaired) electrons. The molecule has 1 amide bonds. The Balaban J connectivity index is 2.14. The molecule has 0 aliphatic rings. The molecule has 0 unspecified atom stereocenters. The SMILES string of the molecule is CC(=O)Nc1ccc(-c2csc(NC(C)(C)C)n2)cc1. The van der Waals surface area contributed by atoms with Crippen molar-refractivity contribution in [3.63, 3.8) is 0 Å². The summed E-state index contributed by atoms with van der Waals surface area (Å²) in [5.74, 6) is -0.0666. The third kappa shape index (κ3) is 4.06. The molecule has 0 bridgehead atoms. The minimum absolute atomic E-state index is 0.00435. The van der Waals surface area contributed by atoms with Crippen molar-refractivity contribution in [2.24, 2.45) is 0 Å². The van der Waals surface area contributed by atoms with E-state index in [2.05, 4.69) is 36.4 Å². The van der Waals surface area contributed by atoms with Crippen LogP contribution in [0.25, 0.3) is 11.3 Å². The minimum atomic E-state index is -0.0666. The Bertz CT molecular complexity index is 596. The zero-order valence-corrected chi connectivity index (χ0v) is 13.0. The predicted octanol–water partition coefficient (Wildman–Crippen LogP) is 3.98. The first-order chi connectivity index (χ1) is 9.33. The number of anilines is 2. The van der Waals surface area contributed by atoms with Gasteiger partial charge >= 0.3 is 0 Å². The highest BCUT2D eigenvalue weighted by atomic mass is 32.1. The molecule has 5 heteroatoms. The number of hydrogen-bond donors (Lipinski definition) is 2. The molecule has 4 nitrogen and oxygen atoms in total. The molecule has 0 atom stereocenters. The fraction of sp³-hybridized carbons (Fsp3) is 0.333. The lowest BCUT2D eigenvalue weighted by Gasteiger charge is -2.19. The lowest BCUT2D eigenvalue weighted by atomic mass is 10.1. The maximum absolute atomic E-state index is 11.0. The number of hydrogen-bond acceptors (Lipinski definition) is 4. The average molecular weight is 289 g/mol. The van der Waals surface area contributed by atoms with Gasteiger partial charge in [0.1, 0.15) is 0 Å². The van der Waals surface area contributed by atoms with E-state index in [9.17, 15) is 4.79 Å². The molecule has 106 valence electrons. The molecule has 0 aliphatic heterocycles. The summed E-state index contributed by atoms with van der Waals surface area (Å²) in [7, 11) is 0. The quantitative estimate of drug-likeness (QED) is 0.898. The standard InChI is InChI=1S/C15H19N3OS/c1-10(19)16-12-7-5-11(6-8-12)13-9-20-14(17-13)18-15(2,3)4/h5-9H,1-4H3,(H,16,19)(H,17,18). The van der Waals surface area contributed by atoms with Gasteiger partial charge in [-0.2, -0.15) is 0 Å². The van der Waals surface area contributed by atoms with E-state index in [4.69, 9.17) is 0 Å². The van der Waals surface area contributed by atoms with E-state index in [1.165, 1.54) is 6.92 Å². The monoisotopic (exact) mass is 289 g/mol. The first kappa shape index (κ1) is 14.5. The maximum atomic E-state index is 11.0. The summed E-state index contributed by atoms with van der Waals surface area (Å²) in [6.45, 7) is 7.82. The number of amides is 1. The Hall–Kier alpha value is -1.88. The van der Waals surface area contributed by atoms with Crippen LogP contribution in [-0.2, 0) is 4.79 Å². The summed E-state index contributed by atoms with van der Waals surface area (Å²) in [5.41, 5.74) is 2.78. The van der Waals surface area contributed by atoms with Gasteiger partial charge in [0, 0.05) is 29.1 Å². The van der Waals surface area contributed by atoms with Crippen LogP contribution in [0.15, 0.2) is 29.6 Å². The number of benzene rings is 1. The molecule has 0 saturated carbocycles. The predicted molar refractivity (Wildman–Crippen MR) is 85.2 cm³/mol. The van der Waals surface area contributed by atoms with Crippen LogP contribution in [0.3, 0.4) is 0 Å². The topological polar surface area (TPSA) is 54.0 Å². The third-order valence-corrected chi connectivity index (χ3v) is 3.24. The maximum Gasteiger partial charge on any atom is 0.221 e. The van der Waals surface area contributed by atoms with Crippen molar-refractivity contribution in [3.05, 3.63) is 29.6 Å². The van der Waals surface area contributed by atoms with Gasteiger partial charge in [0.2, 0.25) is 5.91 Å². The van der Waals surface area contributed by atoms with Crippen LogP contribution in [-0.4, -0.2) is 16.4 Å². The molecule has 0 fully saturated rings. The Morgan fingerprint density at radius 1 is 1.20 bits per heavy atom. The van der Waals surface area contributed by atoms with Crippen LogP contribution >= 0.6 is 11.3 Å². The zero-order valence-electron chi connectivity index (χ0n) is 12.2. The van der Waals surface area contributed by atoms with Gasteiger partial charge in [0.25, 0.3) is 0 Å². The molecule has 0 saturated heterocycles. The fourth-order valence-electron chi connectivity index (χ4n) is 1.71. The van der Waals surface area contributed by atoms with Crippen LogP contribution in [0, 0.1) is 0 Å². The van der Waals surface area contributed by atoms with Crippen molar-refractivity contribution in [1.82, 2.24) is 4.98 Å². The van der Waals surface area contributed by atoms with Crippen LogP contribution in [0.1, 0.15) is 27.7 Å². The minimum Gasteiger partial charge on any atom is -0.357 e. The number of aromatic nitrogens is 1. The molecule has 2 aromatic rings. The molecule has 1 aromatic heterocycles. The summed E-state index contributed by atoms with van der Waals surface area (Å²) < 4.78 is 0. The van der Waals surface area contributed by atoms with Crippen LogP contribution < -0.4 is 10.6 Å². The summed E-state index contributed by atoms with van der Waals surface area (Å²) in [6.07, 6.45) is 0. The van der Waals surface area contributed by atoms with Crippen molar-refractivity contribution < 1.29 is 4.79 Å². The van der Waals surface area contributed by atoms with Crippen molar-refractivity contribution in [2.45, 2.75) is 33.2 Å². The summed E-state index contributed by atoms with van der Waals surface area (Å²) >= 11 is 1.59. The lowest BCUT2D eigenvalue weighted by molar-refractivity contribution is -0.114. The van der Waals surface area contributed by atoms with E-state index < -0.39 is 0 Å². The number of rotatable bonds is 3. The van der Waals surface area contributed by atoms with E-state index >= 15 is 0 Å². The molecule has 2 rings (SSSR count). The largest absolute Gasteiger partial charge is 0.357 e. The number of nitrogens with one attached hydrogen (secondary N) is 2. The number of carbonyl (C=O) groups is 1. The molecule has 2 N–H and O–H groups in total. The average Bonchev–Trinajstić information content (AvgIpc) is 2.75. The molecular formula is C15H19N3OS. The Labute approximate surface area is 123 Å². The van der Waals surface area contributed by atoms with Gasteiger partial charge in [-0.25, -0.2) is 4.98 Å². The first-order valence-corrected chi connectivity index (χ1v) is 7.33. The highest BCUT2D eigenvalue weighted by Gasteiger charge is 2.12. The van der Waals surface area contributed by atoms with Gasteiger partial charge in [-0.15, -0.1) is 11.3 Å². The highest BCUT2D eigenvalue weighted by molar-refractivity contribution is 7.14. The smallest absolute Gasteiger partial charge is 0.221 e. The van der Waals surface area contributed by atoms with Crippen molar-refractivity contribution in [3.8, 4) is 11.3 Å².